The summed E-state index contributed by atoms with van der Waals surface area (Å²) >= 11 is 2.26. The van der Waals surface area contributed by atoms with Gasteiger partial charge in [0.2, 0.25) is 0 Å². The molecule has 2 rings (SSSR count). The van der Waals surface area contributed by atoms with Crippen LogP contribution in [0, 0.1) is 10.5 Å². The van der Waals surface area contributed by atoms with Crippen molar-refractivity contribution < 1.29 is 0 Å². The quantitative estimate of drug-likeness (QED) is 0.861. The van der Waals surface area contributed by atoms with E-state index in [2.05, 4.69) is 49.8 Å². The van der Waals surface area contributed by atoms with Gasteiger partial charge in [-0.15, -0.1) is 0 Å². The van der Waals surface area contributed by atoms with Gasteiger partial charge in [-0.25, -0.2) is 9.97 Å². The van der Waals surface area contributed by atoms with E-state index in [0.717, 1.165) is 32.9 Å². The Kier molecular flexibility index (Phi) is 4.11. The van der Waals surface area contributed by atoms with E-state index < -0.39 is 0 Å². The molecule has 0 aliphatic rings. The van der Waals surface area contributed by atoms with Gasteiger partial charge >= 0.3 is 0 Å². The normalized spacial score (nSPS) is 10.4. The highest BCUT2D eigenvalue weighted by Gasteiger charge is 2.12. The molecule has 4 nitrogen and oxygen atoms in total. The molecule has 0 fully saturated rings. The van der Waals surface area contributed by atoms with Crippen molar-refractivity contribution >= 4 is 28.4 Å². The second-order valence-corrected chi connectivity index (χ2v) is 5.01. The summed E-state index contributed by atoms with van der Waals surface area (Å²) in [6, 6.07) is 1.97. The van der Waals surface area contributed by atoms with Crippen LogP contribution in [-0.2, 0) is 6.42 Å². The maximum atomic E-state index is 4.57. The molecule has 1 N–H and O–H groups in total. The fourth-order valence-corrected chi connectivity index (χ4v) is 2.28. The Morgan fingerprint density at radius 2 is 2.11 bits per heavy atom. The van der Waals surface area contributed by atoms with Gasteiger partial charge in [0, 0.05) is 25.0 Å². The van der Waals surface area contributed by atoms with Crippen molar-refractivity contribution in [3.8, 4) is 11.4 Å². The predicted octanol–water partition coefficient (Wildman–Crippen LogP) is 3.06. The molecule has 0 saturated heterocycles. The average Bonchev–Trinajstić information content (AvgIpc) is 2.41. The first-order chi connectivity index (χ1) is 8.67. The Labute approximate surface area is 120 Å². The highest BCUT2D eigenvalue weighted by molar-refractivity contribution is 14.1. The zero-order chi connectivity index (χ0) is 13.1. The fourth-order valence-electron chi connectivity index (χ4n) is 1.77. The summed E-state index contributed by atoms with van der Waals surface area (Å²) in [5.41, 5.74) is 3.22. The molecule has 0 radical (unpaired) electrons. The first kappa shape index (κ1) is 13.2. The number of pyridine rings is 1. The van der Waals surface area contributed by atoms with Crippen LogP contribution < -0.4 is 5.32 Å². The maximum Gasteiger partial charge on any atom is 0.162 e. The van der Waals surface area contributed by atoms with E-state index in [4.69, 9.17) is 0 Å². The number of hydrogen-bond donors (Lipinski definition) is 1. The summed E-state index contributed by atoms with van der Waals surface area (Å²) in [6.45, 7) is 4.11. The second-order valence-electron chi connectivity index (χ2n) is 3.93. The fraction of sp³-hybridized carbons (Fsp3) is 0.308. The van der Waals surface area contributed by atoms with Crippen molar-refractivity contribution in [2.75, 3.05) is 12.4 Å². The molecule has 0 aliphatic carbocycles. The molecular formula is C13H15IN4. The highest BCUT2D eigenvalue weighted by atomic mass is 127. The van der Waals surface area contributed by atoms with E-state index in [1.165, 1.54) is 5.56 Å². The number of anilines is 1. The molecule has 0 saturated carbocycles. The van der Waals surface area contributed by atoms with Crippen molar-refractivity contribution in [1.29, 1.82) is 0 Å². The third-order valence-electron chi connectivity index (χ3n) is 2.78. The second kappa shape index (κ2) is 5.60. The third kappa shape index (κ3) is 2.45. The highest BCUT2D eigenvalue weighted by Crippen LogP contribution is 2.25. The van der Waals surface area contributed by atoms with Gasteiger partial charge in [-0.05, 0) is 47.6 Å². The predicted molar refractivity (Wildman–Crippen MR) is 81.6 cm³/mol. The zero-order valence-corrected chi connectivity index (χ0v) is 12.8. The lowest BCUT2D eigenvalue weighted by atomic mass is 10.1. The molecule has 0 aromatic carbocycles. The van der Waals surface area contributed by atoms with Crippen LogP contribution in [-0.4, -0.2) is 22.0 Å². The van der Waals surface area contributed by atoms with Crippen molar-refractivity contribution in [1.82, 2.24) is 15.0 Å². The van der Waals surface area contributed by atoms with Crippen LogP contribution in [0.1, 0.15) is 18.2 Å². The molecule has 0 atom stereocenters. The van der Waals surface area contributed by atoms with Crippen LogP contribution in [0.15, 0.2) is 18.5 Å². The van der Waals surface area contributed by atoms with Crippen LogP contribution in [0.4, 0.5) is 5.82 Å². The Morgan fingerprint density at radius 3 is 2.78 bits per heavy atom. The number of nitrogens with one attached hydrogen (secondary N) is 1. The molecule has 5 heteroatoms. The third-order valence-corrected chi connectivity index (χ3v) is 4.07. The van der Waals surface area contributed by atoms with Gasteiger partial charge in [-0.2, -0.15) is 0 Å². The van der Waals surface area contributed by atoms with E-state index in [9.17, 15) is 0 Å². The lowest BCUT2D eigenvalue weighted by molar-refractivity contribution is 1.05. The number of nitrogens with zero attached hydrogens (tertiary/aromatic N) is 3. The molecule has 2 heterocycles. The monoisotopic (exact) mass is 354 g/mol. The summed E-state index contributed by atoms with van der Waals surface area (Å²) in [7, 11) is 1.88. The minimum absolute atomic E-state index is 0.761. The molecular weight excluding hydrogens is 339 g/mol. The number of halogens is 1. The van der Waals surface area contributed by atoms with Crippen LogP contribution in [0.25, 0.3) is 11.4 Å². The van der Waals surface area contributed by atoms with Crippen LogP contribution in [0.2, 0.25) is 0 Å². The van der Waals surface area contributed by atoms with Gasteiger partial charge < -0.3 is 5.32 Å². The number of aromatic nitrogens is 3. The largest absolute Gasteiger partial charge is 0.372 e. The average molecular weight is 354 g/mol. The van der Waals surface area contributed by atoms with E-state index in [0.29, 0.717) is 0 Å². The van der Waals surface area contributed by atoms with Gasteiger partial charge in [-0.1, -0.05) is 6.92 Å². The Morgan fingerprint density at radius 1 is 1.33 bits per heavy atom. The van der Waals surface area contributed by atoms with Crippen molar-refractivity contribution in [2.45, 2.75) is 20.3 Å². The Bertz CT molecular complexity index is 569. The van der Waals surface area contributed by atoms with E-state index >= 15 is 0 Å². The Balaban J connectivity index is 2.61. The van der Waals surface area contributed by atoms with Crippen molar-refractivity contribution in [3.05, 3.63) is 33.3 Å². The van der Waals surface area contributed by atoms with Gasteiger partial charge in [0.25, 0.3) is 0 Å². The van der Waals surface area contributed by atoms with Gasteiger partial charge in [0.05, 0.1) is 9.26 Å². The van der Waals surface area contributed by atoms with Crippen LogP contribution >= 0.6 is 22.6 Å². The van der Waals surface area contributed by atoms with Crippen LogP contribution in [0.5, 0.6) is 0 Å². The molecule has 2 aromatic heterocycles. The maximum absolute atomic E-state index is 4.57. The molecule has 2 aromatic rings. The van der Waals surface area contributed by atoms with Crippen molar-refractivity contribution in [2.24, 2.45) is 0 Å². The molecule has 0 aliphatic heterocycles. The molecule has 94 valence electrons. The number of hydrogen-bond acceptors (Lipinski definition) is 4. The lowest BCUT2D eigenvalue weighted by Crippen LogP contribution is -2.04. The minimum atomic E-state index is 0.761. The summed E-state index contributed by atoms with van der Waals surface area (Å²) in [4.78, 5) is 13.3. The first-order valence-corrected chi connectivity index (χ1v) is 6.90. The number of rotatable bonds is 3. The smallest absolute Gasteiger partial charge is 0.162 e. The standard InChI is InChI=1S/C13H15IN4/c1-4-9-7-16-6-5-10(9)12-17-8(2)11(14)13(15-3)18-12/h5-7H,4H2,1-3H3,(H,15,17,18). The summed E-state index contributed by atoms with van der Waals surface area (Å²) < 4.78 is 1.06. The SMILES string of the molecule is CCc1cnccc1-c1nc(C)c(I)c(NC)n1. The van der Waals surface area contributed by atoms with E-state index in [1.807, 2.05) is 26.2 Å². The lowest BCUT2D eigenvalue weighted by Gasteiger charge is -2.10. The molecule has 0 amide bonds. The topological polar surface area (TPSA) is 50.7 Å². The van der Waals surface area contributed by atoms with Gasteiger partial charge in [0.15, 0.2) is 5.82 Å². The minimum Gasteiger partial charge on any atom is -0.372 e. The first-order valence-electron chi connectivity index (χ1n) is 5.82. The van der Waals surface area contributed by atoms with E-state index in [1.54, 1.807) is 6.20 Å². The Hall–Kier alpha value is -1.24. The molecule has 18 heavy (non-hydrogen) atoms. The summed E-state index contributed by atoms with van der Waals surface area (Å²) in [5, 5.41) is 3.11. The molecule has 0 spiro atoms. The van der Waals surface area contributed by atoms with Gasteiger partial charge in [0.1, 0.15) is 5.82 Å². The molecule has 0 bridgehead atoms. The van der Waals surface area contributed by atoms with Crippen molar-refractivity contribution in [3.63, 3.8) is 0 Å². The number of aryl methyl sites for hydroxylation is 2. The van der Waals surface area contributed by atoms with Crippen LogP contribution in [0.3, 0.4) is 0 Å². The van der Waals surface area contributed by atoms with E-state index in [-0.39, 0.29) is 0 Å². The summed E-state index contributed by atoms with van der Waals surface area (Å²) in [5.74, 6) is 1.63. The zero-order valence-electron chi connectivity index (χ0n) is 10.7. The summed E-state index contributed by atoms with van der Waals surface area (Å²) in [6.07, 6.45) is 4.59. The molecule has 0 unspecified atom stereocenters. The van der Waals surface area contributed by atoms with Gasteiger partial charge in [-0.3, -0.25) is 4.98 Å².